The third-order valence-electron chi connectivity index (χ3n) is 5.93. The minimum Gasteiger partial charge on any atom is -0.496 e. The Kier molecular flexibility index (Phi) is 6.13. The number of nitrogens with zero attached hydrogens (tertiary/aromatic N) is 4. The summed E-state index contributed by atoms with van der Waals surface area (Å²) in [7, 11) is 3.02. The number of methoxy groups -OCH3 is 2. The molecule has 2 aromatic carbocycles. The first-order valence-electron chi connectivity index (χ1n) is 11.2. The van der Waals surface area contributed by atoms with Crippen LogP contribution in [0.3, 0.4) is 0 Å². The van der Waals surface area contributed by atoms with Gasteiger partial charge in [0.15, 0.2) is 11.6 Å². The van der Waals surface area contributed by atoms with Crippen molar-refractivity contribution in [3.8, 4) is 28.7 Å². The van der Waals surface area contributed by atoms with Crippen LogP contribution < -0.4 is 14.8 Å². The summed E-state index contributed by atoms with van der Waals surface area (Å²) in [5.74, 6) is 0.704. The van der Waals surface area contributed by atoms with Gasteiger partial charge in [-0.1, -0.05) is 18.2 Å². The molecule has 0 atom stereocenters. The molecule has 0 radical (unpaired) electrons. The van der Waals surface area contributed by atoms with Crippen LogP contribution in [0.1, 0.15) is 40.4 Å². The number of benzene rings is 2. The first-order chi connectivity index (χ1) is 17.1. The standard InChI is InChI=1S/C26H24FN5O3/c1-34-22-6-4-3-5-18(22)14-29-25(33)19-15-30-32(24(19)16-7-8-16)26-28-12-11-21(31-26)17-9-10-23(35-2)20(27)13-17/h3-6,9-13,15-16H,7-8,14H2,1-2H3,(H,29,33). The number of halogens is 1. The second-order valence-corrected chi connectivity index (χ2v) is 8.22. The number of rotatable bonds is 8. The van der Waals surface area contributed by atoms with E-state index in [1.54, 1.807) is 42.4 Å². The van der Waals surface area contributed by atoms with Crippen LogP contribution in [0.25, 0.3) is 17.2 Å². The first kappa shape index (κ1) is 22.5. The van der Waals surface area contributed by atoms with E-state index in [0.717, 1.165) is 24.1 Å². The summed E-state index contributed by atoms with van der Waals surface area (Å²) in [5.41, 5.74) is 3.27. The molecular weight excluding hydrogens is 449 g/mol. The molecule has 2 aromatic heterocycles. The van der Waals surface area contributed by atoms with Gasteiger partial charge in [0.2, 0.25) is 0 Å². The second kappa shape index (κ2) is 9.54. The van der Waals surface area contributed by atoms with E-state index in [2.05, 4.69) is 20.4 Å². The minimum absolute atomic E-state index is 0.162. The molecule has 0 spiro atoms. The molecule has 1 aliphatic carbocycles. The van der Waals surface area contributed by atoms with E-state index >= 15 is 0 Å². The molecule has 1 amide bonds. The average Bonchev–Trinajstić information content (AvgIpc) is 3.64. The van der Waals surface area contributed by atoms with Crippen molar-refractivity contribution in [3.05, 3.63) is 83.6 Å². The molecule has 0 unspecified atom stereocenters. The van der Waals surface area contributed by atoms with Gasteiger partial charge in [-0.2, -0.15) is 5.10 Å². The zero-order chi connectivity index (χ0) is 24.4. The van der Waals surface area contributed by atoms with E-state index in [1.165, 1.54) is 13.2 Å². The SMILES string of the molecule is COc1ccc(-c2ccnc(-n3ncc(C(=O)NCc4ccccc4OC)c3C3CC3)n2)cc1F. The topological polar surface area (TPSA) is 91.2 Å². The van der Waals surface area contributed by atoms with Gasteiger partial charge >= 0.3 is 0 Å². The number of hydrogen-bond donors (Lipinski definition) is 1. The van der Waals surface area contributed by atoms with E-state index in [4.69, 9.17) is 9.47 Å². The third kappa shape index (κ3) is 4.57. The number of amides is 1. The van der Waals surface area contributed by atoms with Crippen molar-refractivity contribution in [1.82, 2.24) is 25.1 Å². The summed E-state index contributed by atoms with van der Waals surface area (Å²) >= 11 is 0. The third-order valence-corrected chi connectivity index (χ3v) is 5.93. The molecule has 8 nitrogen and oxygen atoms in total. The van der Waals surface area contributed by atoms with Crippen LogP contribution in [0.2, 0.25) is 0 Å². The Hall–Kier alpha value is -4.27. The van der Waals surface area contributed by atoms with Gasteiger partial charge in [0, 0.05) is 29.8 Å². The fourth-order valence-corrected chi connectivity index (χ4v) is 4.00. The Bertz CT molecular complexity index is 1380. The summed E-state index contributed by atoms with van der Waals surface area (Å²) in [4.78, 5) is 22.1. The molecule has 178 valence electrons. The Morgan fingerprint density at radius 3 is 2.66 bits per heavy atom. The van der Waals surface area contributed by atoms with Crippen molar-refractivity contribution in [2.45, 2.75) is 25.3 Å². The van der Waals surface area contributed by atoms with Crippen molar-refractivity contribution >= 4 is 5.91 Å². The molecule has 2 heterocycles. The van der Waals surface area contributed by atoms with Gasteiger partial charge in [0.25, 0.3) is 11.9 Å². The molecule has 4 aromatic rings. The lowest BCUT2D eigenvalue weighted by atomic mass is 10.1. The number of aromatic nitrogens is 4. The number of carbonyl (C=O) groups is 1. The highest BCUT2D eigenvalue weighted by molar-refractivity contribution is 5.95. The number of nitrogens with one attached hydrogen (secondary N) is 1. The van der Waals surface area contributed by atoms with Crippen molar-refractivity contribution in [2.24, 2.45) is 0 Å². The van der Waals surface area contributed by atoms with Crippen molar-refractivity contribution in [3.63, 3.8) is 0 Å². The summed E-state index contributed by atoms with van der Waals surface area (Å²) < 4.78 is 26.2. The minimum atomic E-state index is -0.475. The quantitative estimate of drug-likeness (QED) is 0.411. The molecule has 1 N–H and O–H groups in total. The summed E-state index contributed by atoms with van der Waals surface area (Å²) in [6.07, 6.45) is 5.07. The van der Waals surface area contributed by atoms with Gasteiger partial charge in [0.05, 0.1) is 37.4 Å². The van der Waals surface area contributed by atoms with E-state index in [1.807, 2.05) is 24.3 Å². The smallest absolute Gasteiger partial charge is 0.255 e. The maximum absolute atomic E-state index is 14.2. The molecule has 1 fully saturated rings. The second-order valence-electron chi connectivity index (χ2n) is 8.22. The number of carbonyl (C=O) groups excluding carboxylic acids is 1. The van der Waals surface area contributed by atoms with E-state index in [-0.39, 0.29) is 17.6 Å². The van der Waals surface area contributed by atoms with E-state index in [9.17, 15) is 9.18 Å². The fraction of sp³-hybridized carbons (Fsp3) is 0.231. The predicted octanol–water partition coefficient (Wildman–Crippen LogP) is 4.29. The predicted molar refractivity (Wildman–Crippen MR) is 127 cm³/mol. The number of ether oxygens (including phenoxy) is 2. The first-order valence-corrected chi connectivity index (χ1v) is 11.2. The normalized spacial score (nSPS) is 12.9. The lowest BCUT2D eigenvalue weighted by Crippen LogP contribution is -2.24. The highest BCUT2D eigenvalue weighted by Crippen LogP contribution is 2.42. The molecule has 1 saturated carbocycles. The molecule has 0 aliphatic heterocycles. The number of hydrogen-bond acceptors (Lipinski definition) is 6. The zero-order valence-electron chi connectivity index (χ0n) is 19.4. The maximum atomic E-state index is 14.2. The van der Waals surface area contributed by atoms with Gasteiger partial charge in [-0.3, -0.25) is 4.79 Å². The van der Waals surface area contributed by atoms with Crippen LogP contribution in [0.4, 0.5) is 4.39 Å². The fourth-order valence-electron chi connectivity index (χ4n) is 4.00. The van der Waals surface area contributed by atoms with Crippen LogP contribution in [-0.2, 0) is 6.54 Å². The molecule has 5 rings (SSSR count). The average molecular weight is 474 g/mol. The zero-order valence-corrected chi connectivity index (χ0v) is 19.4. The lowest BCUT2D eigenvalue weighted by Gasteiger charge is -2.11. The van der Waals surface area contributed by atoms with Crippen LogP contribution in [0.5, 0.6) is 11.5 Å². The molecule has 0 bridgehead atoms. The van der Waals surface area contributed by atoms with Gasteiger partial charge < -0.3 is 14.8 Å². The number of para-hydroxylation sites is 1. The molecule has 0 saturated heterocycles. The van der Waals surface area contributed by atoms with Gasteiger partial charge in [-0.05, 0) is 43.2 Å². The molecule has 9 heteroatoms. The highest BCUT2D eigenvalue weighted by Gasteiger charge is 2.33. The Labute approximate surface area is 201 Å². The van der Waals surface area contributed by atoms with E-state index < -0.39 is 5.82 Å². The van der Waals surface area contributed by atoms with Crippen LogP contribution in [-0.4, -0.2) is 39.9 Å². The summed E-state index contributed by atoms with van der Waals surface area (Å²) in [5, 5.41) is 7.41. The Morgan fingerprint density at radius 2 is 1.91 bits per heavy atom. The Morgan fingerprint density at radius 1 is 1.11 bits per heavy atom. The molecule has 35 heavy (non-hydrogen) atoms. The van der Waals surface area contributed by atoms with E-state index in [0.29, 0.717) is 35.1 Å². The summed E-state index contributed by atoms with van der Waals surface area (Å²) in [6.45, 7) is 0.327. The largest absolute Gasteiger partial charge is 0.496 e. The van der Waals surface area contributed by atoms with Crippen molar-refractivity contribution < 1.29 is 18.7 Å². The van der Waals surface area contributed by atoms with Crippen LogP contribution >= 0.6 is 0 Å². The van der Waals surface area contributed by atoms with Gasteiger partial charge in [-0.25, -0.2) is 19.0 Å². The summed E-state index contributed by atoms with van der Waals surface area (Å²) in [6, 6.07) is 13.9. The lowest BCUT2D eigenvalue weighted by molar-refractivity contribution is 0.0949. The van der Waals surface area contributed by atoms with Gasteiger partial charge in [0.1, 0.15) is 5.75 Å². The maximum Gasteiger partial charge on any atom is 0.255 e. The van der Waals surface area contributed by atoms with Crippen LogP contribution in [0.15, 0.2) is 60.9 Å². The van der Waals surface area contributed by atoms with Gasteiger partial charge in [-0.15, -0.1) is 0 Å². The molecule has 1 aliphatic rings. The monoisotopic (exact) mass is 473 g/mol. The van der Waals surface area contributed by atoms with Crippen molar-refractivity contribution in [1.29, 1.82) is 0 Å². The van der Waals surface area contributed by atoms with Crippen LogP contribution in [0, 0.1) is 5.82 Å². The van der Waals surface area contributed by atoms with Crippen molar-refractivity contribution in [2.75, 3.05) is 14.2 Å². The molecular formula is C26H24FN5O3. The highest BCUT2D eigenvalue weighted by atomic mass is 19.1. The Balaban J connectivity index is 1.43.